The van der Waals surface area contributed by atoms with Gasteiger partial charge in [-0.2, -0.15) is 0 Å². The van der Waals surface area contributed by atoms with Gasteiger partial charge in [-0.25, -0.2) is 28.4 Å². The second kappa shape index (κ2) is 10.2. The van der Waals surface area contributed by atoms with Crippen molar-refractivity contribution in [3.05, 3.63) is 53.7 Å². The minimum absolute atomic E-state index is 0.156. The molecule has 38 heavy (non-hydrogen) atoms. The van der Waals surface area contributed by atoms with Gasteiger partial charge in [0.15, 0.2) is 5.65 Å². The molecule has 0 aliphatic carbocycles. The summed E-state index contributed by atoms with van der Waals surface area (Å²) in [6.45, 7) is 6.39. The number of hydrogen-bond donors (Lipinski definition) is 2. The predicted octanol–water partition coefficient (Wildman–Crippen LogP) is 4.73. The van der Waals surface area contributed by atoms with Gasteiger partial charge >= 0.3 is 0 Å². The average Bonchev–Trinajstić information content (AvgIpc) is 3.19. The van der Waals surface area contributed by atoms with Crippen LogP contribution in [0.2, 0.25) is 0 Å². The van der Waals surface area contributed by atoms with Crippen LogP contribution in [-0.2, 0) is 14.8 Å². The lowest BCUT2D eigenvalue weighted by Crippen LogP contribution is -2.25. The Labute approximate surface area is 222 Å². The number of nitrogens with one attached hydrogen (secondary N) is 2. The number of aryl methyl sites for hydroxylation is 3. The molecule has 2 N–H and O–H groups in total. The molecule has 1 unspecified atom stereocenters. The number of benzene rings is 1. The minimum atomic E-state index is -3.47. The van der Waals surface area contributed by atoms with Gasteiger partial charge in [0.05, 0.1) is 23.3 Å². The van der Waals surface area contributed by atoms with Crippen molar-refractivity contribution in [2.75, 3.05) is 34.8 Å². The summed E-state index contributed by atoms with van der Waals surface area (Å²) in [6, 6.07) is 11.0. The van der Waals surface area contributed by atoms with E-state index in [1.807, 2.05) is 49.6 Å². The Bertz CT molecular complexity index is 1580. The molecule has 12 heteroatoms. The van der Waals surface area contributed by atoms with Crippen LogP contribution in [0.5, 0.6) is 0 Å². The Balaban J connectivity index is 1.65. The van der Waals surface area contributed by atoms with E-state index >= 15 is 0 Å². The molecule has 1 atom stereocenters. The van der Waals surface area contributed by atoms with Crippen LogP contribution in [-0.4, -0.2) is 52.8 Å². The summed E-state index contributed by atoms with van der Waals surface area (Å²) in [5.41, 5.74) is 3.98. The maximum atomic E-state index is 12.3. The maximum absolute atomic E-state index is 12.3. The Hall–Kier alpha value is -3.77. The Morgan fingerprint density at radius 1 is 0.974 bits per heavy atom. The Morgan fingerprint density at radius 2 is 1.74 bits per heavy atom. The molecular formula is C26H32N8O3S. The first-order valence-electron chi connectivity index (χ1n) is 12.5. The molecule has 0 amide bonds. The third-order valence-corrected chi connectivity index (χ3v) is 7.69. The summed E-state index contributed by atoms with van der Waals surface area (Å²) in [7, 11) is -1.94. The van der Waals surface area contributed by atoms with Crippen LogP contribution in [0.3, 0.4) is 0 Å². The van der Waals surface area contributed by atoms with Crippen molar-refractivity contribution >= 4 is 49.9 Å². The first-order chi connectivity index (χ1) is 18.1. The molecule has 0 bridgehead atoms. The lowest BCUT2D eigenvalue weighted by molar-refractivity contribution is -0.0308. The van der Waals surface area contributed by atoms with Crippen molar-refractivity contribution in [3.8, 4) is 0 Å². The molecule has 4 heterocycles. The van der Waals surface area contributed by atoms with Gasteiger partial charge in [-0.3, -0.25) is 8.87 Å². The number of anilines is 5. The van der Waals surface area contributed by atoms with Crippen molar-refractivity contribution in [2.24, 2.45) is 0 Å². The van der Waals surface area contributed by atoms with Crippen LogP contribution in [0.1, 0.15) is 42.8 Å². The normalized spacial score (nSPS) is 16.0. The molecule has 0 radical (unpaired) electrons. The summed E-state index contributed by atoms with van der Waals surface area (Å²) in [6.07, 6.45) is 4.00. The molecule has 4 aromatic rings. The highest BCUT2D eigenvalue weighted by Crippen LogP contribution is 2.36. The standard InChI is InChI=1S/C26H32N8O3S/c1-16-14-22(28-17(2)27-16)31-23-15-20(30-19-10-6-7-11-21(19)33(4)38(5,35)36)25-26(32-23)34(18(3)29-25)24-12-8-9-13-37-24/h6-7,10-11,14-15,24H,8-9,12-13H2,1-5H3,(H2,27,28,30,31,32). The highest BCUT2D eigenvalue weighted by atomic mass is 32.2. The molecule has 200 valence electrons. The van der Waals surface area contributed by atoms with E-state index in [1.165, 1.54) is 17.6 Å². The largest absolute Gasteiger partial charge is 0.358 e. The van der Waals surface area contributed by atoms with Gasteiger partial charge in [-0.15, -0.1) is 0 Å². The van der Waals surface area contributed by atoms with E-state index in [0.717, 1.165) is 30.8 Å². The minimum Gasteiger partial charge on any atom is -0.358 e. The summed E-state index contributed by atoms with van der Waals surface area (Å²) in [4.78, 5) is 18.6. The molecule has 0 saturated carbocycles. The monoisotopic (exact) mass is 536 g/mol. The molecule has 1 aliphatic heterocycles. The smallest absolute Gasteiger partial charge is 0.232 e. The zero-order valence-corrected chi connectivity index (χ0v) is 23.0. The van der Waals surface area contributed by atoms with Gasteiger partial charge in [0.1, 0.15) is 35.0 Å². The van der Waals surface area contributed by atoms with E-state index in [9.17, 15) is 8.42 Å². The molecule has 1 fully saturated rings. The molecule has 3 aromatic heterocycles. The lowest BCUT2D eigenvalue weighted by atomic mass is 10.2. The van der Waals surface area contributed by atoms with Gasteiger partial charge in [-0.1, -0.05) is 12.1 Å². The van der Waals surface area contributed by atoms with Crippen LogP contribution >= 0.6 is 0 Å². The van der Waals surface area contributed by atoms with E-state index in [0.29, 0.717) is 52.3 Å². The van der Waals surface area contributed by atoms with Gasteiger partial charge in [-0.05, 0) is 52.2 Å². The second-order valence-corrected chi connectivity index (χ2v) is 11.5. The number of hydrogen-bond acceptors (Lipinski definition) is 9. The van der Waals surface area contributed by atoms with Crippen LogP contribution in [0.25, 0.3) is 11.2 Å². The van der Waals surface area contributed by atoms with Crippen molar-refractivity contribution in [2.45, 2.75) is 46.3 Å². The van der Waals surface area contributed by atoms with Crippen molar-refractivity contribution in [3.63, 3.8) is 0 Å². The number of aromatic nitrogens is 5. The SMILES string of the molecule is Cc1cc(Nc2cc(Nc3ccccc3N(C)S(C)(=O)=O)c3nc(C)n(C4CCCCO4)c3n2)nc(C)n1. The van der Waals surface area contributed by atoms with Crippen molar-refractivity contribution < 1.29 is 13.2 Å². The highest BCUT2D eigenvalue weighted by molar-refractivity contribution is 7.92. The molecule has 1 aromatic carbocycles. The van der Waals surface area contributed by atoms with E-state index in [2.05, 4.69) is 20.6 Å². The number of sulfonamides is 1. The number of pyridine rings is 1. The Kier molecular flexibility index (Phi) is 6.93. The topological polar surface area (TPSA) is 127 Å². The number of nitrogens with zero attached hydrogens (tertiary/aromatic N) is 6. The number of fused-ring (bicyclic) bond motifs is 1. The van der Waals surface area contributed by atoms with Crippen LogP contribution < -0.4 is 14.9 Å². The zero-order valence-electron chi connectivity index (χ0n) is 22.2. The number of ether oxygens (including phenoxy) is 1. The first kappa shape index (κ1) is 25.9. The van der Waals surface area contributed by atoms with Crippen LogP contribution in [0, 0.1) is 20.8 Å². The molecular weight excluding hydrogens is 504 g/mol. The fourth-order valence-corrected chi connectivity index (χ4v) is 5.21. The van der Waals surface area contributed by atoms with Crippen molar-refractivity contribution in [1.82, 2.24) is 24.5 Å². The highest BCUT2D eigenvalue weighted by Gasteiger charge is 2.24. The third kappa shape index (κ3) is 5.27. The zero-order chi connectivity index (χ0) is 27.0. The van der Waals surface area contributed by atoms with Gasteiger partial charge < -0.3 is 15.4 Å². The second-order valence-electron chi connectivity index (χ2n) is 9.52. The summed E-state index contributed by atoms with van der Waals surface area (Å²) in [5, 5.41) is 6.74. The third-order valence-electron chi connectivity index (χ3n) is 6.50. The molecule has 11 nitrogen and oxygen atoms in total. The van der Waals surface area contributed by atoms with Gasteiger partial charge in [0, 0.05) is 31.5 Å². The van der Waals surface area contributed by atoms with Crippen LogP contribution in [0.4, 0.5) is 28.7 Å². The number of imidazole rings is 1. The summed E-state index contributed by atoms with van der Waals surface area (Å²) >= 11 is 0. The fourth-order valence-electron chi connectivity index (χ4n) is 4.69. The predicted molar refractivity (Wildman–Crippen MR) is 149 cm³/mol. The van der Waals surface area contributed by atoms with Gasteiger partial charge in [0.25, 0.3) is 0 Å². The first-order valence-corrected chi connectivity index (χ1v) is 14.4. The summed E-state index contributed by atoms with van der Waals surface area (Å²) < 4.78 is 34.0. The molecule has 5 rings (SSSR count). The molecule has 1 aliphatic rings. The van der Waals surface area contributed by atoms with Crippen molar-refractivity contribution in [1.29, 1.82) is 0 Å². The summed E-state index contributed by atoms with van der Waals surface area (Å²) in [5.74, 6) is 2.63. The fraction of sp³-hybridized carbons (Fsp3) is 0.385. The van der Waals surface area contributed by atoms with E-state index in [-0.39, 0.29) is 6.23 Å². The number of rotatable bonds is 7. The number of para-hydroxylation sites is 2. The van der Waals surface area contributed by atoms with Gasteiger partial charge in [0.2, 0.25) is 10.0 Å². The Morgan fingerprint density at radius 3 is 2.45 bits per heavy atom. The molecule has 0 spiro atoms. The molecule has 1 saturated heterocycles. The van der Waals surface area contributed by atoms with E-state index in [1.54, 1.807) is 12.1 Å². The quantitative estimate of drug-likeness (QED) is 0.345. The average molecular weight is 537 g/mol. The van der Waals surface area contributed by atoms with E-state index in [4.69, 9.17) is 14.7 Å². The lowest BCUT2D eigenvalue weighted by Gasteiger charge is -2.25. The maximum Gasteiger partial charge on any atom is 0.232 e. The van der Waals surface area contributed by atoms with Crippen LogP contribution in [0.15, 0.2) is 36.4 Å². The van der Waals surface area contributed by atoms with E-state index < -0.39 is 10.0 Å².